The number of hydrogen-bond acceptors (Lipinski definition) is 6. The second-order valence-electron chi connectivity index (χ2n) is 5.96. The van der Waals surface area contributed by atoms with Crippen molar-refractivity contribution >= 4 is 45.3 Å². The highest BCUT2D eigenvalue weighted by Crippen LogP contribution is 2.30. The number of aryl methyl sites for hydroxylation is 2. The van der Waals surface area contributed by atoms with Crippen molar-refractivity contribution in [3.8, 4) is 0 Å². The summed E-state index contributed by atoms with van der Waals surface area (Å²) in [4.78, 5) is 42.7. The first-order valence-electron chi connectivity index (χ1n) is 7.88. The summed E-state index contributed by atoms with van der Waals surface area (Å²) in [6, 6.07) is -0.660. The molecule has 136 valence electrons. The highest BCUT2D eigenvalue weighted by Gasteiger charge is 2.23. The van der Waals surface area contributed by atoms with E-state index >= 15 is 0 Å². The molecule has 3 amide bonds. The Balaban J connectivity index is 2.47. The number of thioether (sulfide) groups is 1. The number of nitrogens with zero attached hydrogens (tertiary/aromatic N) is 2. The molecule has 25 heavy (non-hydrogen) atoms. The minimum Gasteiger partial charge on any atom is -0.341 e. The molecule has 2 heterocycles. The first-order valence-corrected chi connectivity index (χ1v) is 9.58. The number of carbonyl (C=O) groups is 2. The van der Waals surface area contributed by atoms with Crippen LogP contribution < -0.4 is 16.2 Å². The Morgan fingerprint density at radius 2 is 1.88 bits per heavy atom. The Hall–Kier alpha value is -1.87. The van der Waals surface area contributed by atoms with Crippen molar-refractivity contribution in [2.45, 2.75) is 51.1 Å². The standard InChI is InChI=1S/C16H22N4O3S2/c1-7(2)20-14(22)11-8(3)9(4)24-13(11)19-16(20)25-10(5)12(21)18-15(23)17-6/h7,10H,1-6H3,(H2,17,18,21,23). The number of carbonyl (C=O) groups excluding carboxylic acids is 2. The van der Waals surface area contributed by atoms with Crippen LogP contribution in [-0.2, 0) is 4.79 Å². The summed E-state index contributed by atoms with van der Waals surface area (Å²) in [5, 5.41) is 5.12. The van der Waals surface area contributed by atoms with Crippen molar-refractivity contribution in [3.05, 3.63) is 20.8 Å². The molecule has 2 aromatic rings. The molecule has 0 bridgehead atoms. The molecule has 0 fully saturated rings. The normalized spacial score (nSPS) is 12.4. The minimum atomic E-state index is -0.575. The Morgan fingerprint density at radius 1 is 1.24 bits per heavy atom. The zero-order chi connectivity index (χ0) is 18.9. The van der Waals surface area contributed by atoms with Crippen LogP contribution in [0.3, 0.4) is 0 Å². The van der Waals surface area contributed by atoms with Crippen LogP contribution >= 0.6 is 23.1 Å². The summed E-state index contributed by atoms with van der Waals surface area (Å²) < 4.78 is 1.61. The molecule has 0 aliphatic heterocycles. The molecule has 2 aromatic heterocycles. The van der Waals surface area contributed by atoms with E-state index in [1.165, 1.54) is 30.1 Å². The number of fused-ring (bicyclic) bond motifs is 1. The number of aromatic nitrogens is 2. The van der Waals surface area contributed by atoms with Crippen molar-refractivity contribution in [2.75, 3.05) is 7.05 Å². The van der Waals surface area contributed by atoms with Gasteiger partial charge in [-0.15, -0.1) is 11.3 Å². The highest BCUT2D eigenvalue weighted by molar-refractivity contribution is 8.00. The molecule has 0 saturated heterocycles. The van der Waals surface area contributed by atoms with Gasteiger partial charge in [-0.25, -0.2) is 9.78 Å². The molecule has 0 aliphatic rings. The van der Waals surface area contributed by atoms with Gasteiger partial charge in [0.1, 0.15) is 4.83 Å². The number of amides is 3. The third-order valence-corrected chi connectivity index (χ3v) is 6.00. The lowest BCUT2D eigenvalue weighted by Gasteiger charge is -2.17. The van der Waals surface area contributed by atoms with Crippen molar-refractivity contribution in [3.63, 3.8) is 0 Å². The monoisotopic (exact) mass is 382 g/mol. The van der Waals surface area contributed by atoms with Crippen LogP contribution in [0.1, 0.15) is 37.3 Å². The lowest BCUT2D eigenvalue weighted by molar-refractivity contribution is -0.119. The number of urea groups is 1. The molecule has 1 atom stereocenters. The summed E-state index contributed by atoms with van der Waals surface area (Å²) >= 11 is 2.64. The van der Waals surface area contributed by atoms with Gasteiger partial charge in [0.05, 0.1) is 10.6 Å². The summed E-state index contributed by atoms with van der Waals surface area (Å²) in [7, 11) is 1.44. The smallest absolute Gasteiger partial charge is 0.321 e. The van der Waals surface area contributed by atoms with E-state index < -0.39 is 17.2 Å². The van der Waals surface area contributed by atoms with Gasteiger partial charge in [-0.2, -0.15) is 0 Å². The molecule has 1 unspecified atom stereocenters. The van der Waals surface area contributed by atoms with E-state index in [2.05, 4.69) is 15.6 Å². The predicted octanol–water partition coefficient (Wildman–Crippen LogP) is 2.59. The molecule has 2 N–H and O–H groups in total. The van der Waals surface area contributed by atoms with Crippen molar-refractivity contribution in [1.29, 1.82) is 0 Å². The molecule has 0 spiro atoms. The summed E-state index contributed by atoms with van der Waals surface area (Å²) in [6.07, 6.45) is 0. The predicted molar refractivity (Wildman–Crippen MR) is 102 cm³/mol. The number of rotatable bonds is 4. The van der Waals surface area contributed by atoms with Crippen LogP contribution in [-0.4, -0.2) is 33.8 Å². The van der Waals surface area contributed by atoms with Crippen LogP contribution in [0.5, 0.6) is 0 Å². The molecule has 9 heteroatoms. The van der Waals surface area contributed by atoms with Gasteiger partial charge in [0.15, 0.2) is 5.16 Å². The maximum absolute atomic E-state index is 13.0. The molecule has 0 aromatic carbocycles. The third-order valence-electron chi connectivity index (χ3n) is 3.83. The van der Waals surface area contributed by atoms with E-state index in [1.807, 2.05) is 27.7 Å². The van der Waals surface area contributed by atoms with Crippen LogP contribution in [0, 0.1) is 13.8 Å². The molecule has 0 saturated carbocycles. The third kappa shape index (κ3) is 3.87. The van der Waals surface area contributed by atoms with Gasteiger partial charge in [-0.3, -0.25) is 19.5 Å². The van der Waals surface area contributed by atoms with Crippen LogP contribution in [0.25, 0.3) is 10.2 Å². The van der Waals surface area contributed by atoms with E-state index in [-0.39, 0.29) is 11.6 Å². The maximum atomic E-state index is 13.0. The zero-order valence-corrected chi connectivity index (χ0v) is 16.7. The van der Waals surface area contributed by atoms with Crippen molar-refractivity contribution in [1.82, 2.24) is 20.2 Å². The summed E-state index contributed by atoms with van der Waals surface area (Å²) in [6.45, 7) is 9.38. The van der Waals surface area contributed by atoms with Gasteiger partial charge in [-0.1, -0.05) is 11.8 Å². The summed E-state index contributed by atoms with van der Waals surface area (Å²) in [5.74, 6) is -0.437. The number of hydrogen-bond donors (Lipinski definition) is 2. The second-order valence-corrected chi connectivity index (χ2v) is 8.47. The average molecular weight is 383 g/mol. The molecular weight excluding hydrogens is 360 g/mol. The van der Waals surface area contributed by atoms with E-state index in [0.717, 1.165) is 10.4 Å². The van der Waals surface area contributed by atoms with Crippen LogP contribution in [0.4, 0.5) is 4.79 Å². The van der Waals surface area contributed by atoms with Gasteiger partial charge in [0, 0.05) is 18.0 Å². The largest absolute Gasteiger partial charge is 0.341 e. The topological polar surface area (TPSA) is 93.1 Å². The fourth-order valence-electron chi connectivity index (χ4n) is 2.31. The summed E-state index contributed by atoms with van der Waals surface area (Å²) in [5.41, 5.74) is 0.858. The van der Waals surface area contributed by atoms with E-state index in [0.29, 0.717) is 15.4 Å². The highest BCUT2D eigenvalue weighted by atomic mass is 32.2. The van der Waals surface area contributed by atoms with E-state index in [9.17, 15) is 14.4 Å². The molecular formula is C16H22N4O3S2. The SMILES string of the molecule is CNC(=O)NC(=O)C(C)Sc1nc2sc(C)c(C)c2c(=O)n1C(C)C. The van der Waals surface area contributed by atoms with Gasteiger partial charge in [0.25, 0.3) is 5.56 Å². The second kappa shape index (κ2) is 7.57. The molecule has 0 radical (unpaired) electrons. The zero-order valence-electron chi connectivity index (χ0n) is 15.1. The molecule has 0 aliphatic carbocycles. The quantitative estimate of drug-likeness (QED) is 0.626. The fourth-order valence-corrected chi connectivity index (χ4v) is 4.42. The fraction of sp³-hybridized carbons (Fsp3) is 0.500. The Labute approximate surface area is 154 Å². The Bertz CT molecular complexity index is 886. The van der Waals surface area contributed by atoms with Crippen molar-refractivity contribution < 1.29 is 9.59 Å². The van der Waals surface area contributed by atoms with Gasteiger partial charge in [-0.05, 0) is 40.2 Å². The van der Waals surface area contributed by atoms with E-state index in [1.54, 1.807) is 11.5 Å². The van der Waals surface area contributed by atoms with Gasteiger partial charge in [0.2, 0.25) is 5.91 Å². The molecule has 2 rings (SSSR count). The average Bonchev–Trinajstić information content (AvgIpc) is 2.81. The number of nitrogens with one attached hydrogen (secondary N) is 2. The lowest BCUT2D eigenvalue weighted by Crippen LogP contribution is -2.41. The Kier molecular flexibility index (Phi) is 5.89. The first-order chi connectivity index (χ1) is 11.7. The number of imide groups is 1. The van der Waals surface area contributed by atoms with Crippen LogP contribution in [0.15, 0.2) is 9.95 Å². The number of thiophene rings is 1. The van der Waals surface area contributed by atoms with E-state index in [4.69, 9.17) is 0 Å². The van der Waals surface area contributed by atoms with Gasteiger partial charge >= 0.3 is 6.03 Å². The molecule has 7 nitrogen and oxygen atoms in total. The lowest BCUT2D eigenvalue weighted by atomic mass is 10.2. The maximum Gasteiger partial charge on any atom is 0.321 e. The van der Waals surface area contributed by atoms with Crippen LogP contribution in [0.2, 0.25) is 0 Å². The Morgan fingerprint density at radius 3 is 2.44 bits per heavy atom. The van der Waals surface area contributed by atoms with Crippen molar-refractivity contribution in [2.24, 2.45) is 0 Å². The first kappa shape index (κ1) is 19.5. The van der Waals surface area contributed by atoms with Gasteiger partial charge < -0.3 is 5.32 Å². The minimum absolute atomic E-state index is 0.0942.